The van der Waals surface area contributed by atoms with Crippen LogP contribution in [0.3, 0.4) is 0 Å². The molecule has 2 N–H and O–H groups in total. The summed E-state index contributed by atoms with van der Waals surface area (Å²) in [6.07, 6.45) is 0.864. The van der Waals surface area contributed by atoms with E-state index in [0.29, 0.717) is 17.9 Å². The van der Waals surface area contributed by atoms with Gasteiger partial charge in [-0.2, -0.15) is 0 Å². The molecule has 0 unspecified atom stereocenters. The van der Waals surface area contributed by atoms with Crippen LogP contribution in [0, 0.1) is 6.92 Å². The second-order valence-electron chi connectivity index (χ2n) is 4.81. The van der Waals surface area contributed by atoms with Crippen molar-refractivity contribution in [2.24, 2.45) is 0 Å². The van der Waals surface area contributed by atoms with E-state index in [4.69, 9.17) is 14.3 Å². The van der Waals surface area contributed by atoms with Gasteiger partial charge in [0.2, 0.25) is 5.76 Å². The highest BCUT2D eigenvalue weighted by molar-refractivity contribution is 5.86. The Labute approximate surface area is 123 Å². The Morgan fingerprint density at radius 1 is 1.38 bits per heavy atom. The normalized spacial score (nSPS) is 10.6. The number of carbonyl (C=O) groups is 1. The van der Waals surface area contributed by atoms with E-state index in [-0.39, 0.29) is 5.76 Å². The van der Waals surface area contributed by atoms with Crippen molar-refractivity contribution in [1.29, 1.82) is 0 Å². The first-order valence-corrected chi connectivity index (χ1v) is 6.76. The molecule has 21 heavy (non-hydrogen) atoms. The van der Waals surface area contributed by atoms with Gasteiger partial charge in [-0.1, -0.05) is 12.1 Å². The highest BCUT2D eigenvalue weighted by Crippen LogP contribution is 2.15. The number of hydrogen-bond donors (Lipinski definition) is 2. The van der Waals surface area contributed by atoms with Crippen LogP contribution in [0.2, 0.25) is 0 Å². The molecule has 0 aliphatic rings. The van der Waals surface area contributed by atoms with Gasteiger partial charge in [-0.05, 0) is 43.7 Å². The lowest BCUT2D eigenvalue weighted by Crippen LogP contribution is -2.16. The minimum absolute atomic E-state index is 0.0135. The van der Waals surface area contributed by atoms with E-state index in [9.17, 15) is 4.79 Å². The smallest absolute Gasteiger partial charge is 0.372 e. The average Bonchev–Trinajstić information content (AvgIpc) is 2.85. The van der Waals surface area contributed by atoms with Gasteiger partial charge in [-0.25, -0.2) is 4.79 Å². The molecule has 0 aliphatic carbocycles. The van der Waals surface area contributed by atoms with Crippen LogP contribution in [0.25, 0.3) is 0 Å². The Balaban J connectivity index is 1.81. The SMILES string of the molecule is COc1cccc(CCNCc2cc(C)c(C(=O)O)o2)c1. The molecule has 0 spiro atoms. The Morgan fingerprint density at radius 2 is 2.19 bits per heavy atom. The summed E-state index contributed by atoms with van der Waals surface area (Å²) >= 11 is 0. The highest BCUT2D eigenvalue weighted by Gasteiger charge is 2.13. The summed E-state index contributed by atoms with van der Waals surface area (Å²) in [6, 6.07) is 9.67. The molecule has 2 aromatic rings. The molecular weight excluding hydrogens is 270 g/mol. The molecule has 0 aliphatic heterocycles. The molecule has 5 nitrogen and oxygen atoms in total. The van der Waals surface area contributed by atoms with Crippen molar-refractivity contribution < 1.29 is 19.1 Å². The lowest BCUT2D eigenvalue weighted by Gasteiger charge is -2.05. The van der Waals surface area contributed by atoms with E-state index >= 15 is 0 Å². The van der Waals surface area contributed by atoms with E-state index in [1.54, 1.807) is 20.1 Å². The Kier molecular flexibility index (Phi) is 5.00. The van der Waals surface area contributed by atoms with Gasteiger partial charge < -0.3 is 19.6 Å². The van der Waals surface area contributed by atoms with Crippen LogP contribution in [0.15, 0.2) is 34.7 Å². The van der Waals surface area contributed by atoms with Crippen LogP contribution in [-0.2, 0) is 13.0 Å². The number of carboxylic acid groups (broad SMARTS) is 1. The number of ether oxygens (including phenoxy) is 1. The number of hydrogen-bond acceptors (Lipinski definition) is 4. The maximum absolute atomic E-state index is 10.9. The topological polar surface area (TPSA) is 71.7 Å². The summed E-state index contributed by atoms with van der Waals surface area (Å²) < 4.78 is 10.5. The van der Waals surface area contributed by atoms with E-state index in [2.05, 4.69) is 5.32 Å². The fourth-order valence-electron chi connectivity index (χ4n) is 2.12. The molecule has 0 fully saturated rings. The molecule has 1 aromatic carbocycles. The van der Waals surface area contributed by atoms with Crippen LogP contribution in [-0.4, -0.2) is 24.7 Å². The lowest BCUT2D eigenvalue weighted by molar-refractivity contribution is 0.0659. The second kappa shape index (κ2) is 6.95. The molecule has 1 aromatic heterocycles. The van der Waals surface area contributed by atoms with Gasteiger partial charge >= 0.3 is 5.97 Å². The molecule has 2 rings (SSSR count). The van der Waals surface area contributed by atoms with Crippen LogP contribution in [0.4, 0.5) is 0 Å². The van der Waals surface area contributed by atoms with E-state index in [1.165, 1.54) is 5.56 Å². The largest absolute Gasteiger partial charge is 0.497 e. The van der Waals surface area contributed by atoms with Crippen LogP contribution >= 0.6 is 0 Å². The first-order chi connectivity index (χ1) is 10.1. The predicted octanol–water partition coefficient (Wildman–Crippen LogP) is 2.63. The number of methoxy groups -OCH3 is 1. The van der Waals surface area contributed by atoms with Gasteiger partial charge in [0.1, 0.15) is 11.5 Å². The fraction of sp³-hybridized carbons (Fsp3) is 0.312. The summed E-state index contributed by atoms with van der Waals surface area (Å²) in [5, 5.41) is 12.2. The number of rotatable bonds is 7. The standard InChI is InChI=1S/C16H19NO4/c1-11-8-14(21-15(11)16(18)19)10-17-7-6-12-4-3-5-13(9-12)20-2/h3-5,8-9,17H,6-7,10H2,1-2H3,(H,18,19). The second-order valence-corrected chi connectivity index (χ2v) is 4.81. The van der Waals surface area contributed by atoms with Gasteiger partial charge in [0.05, 0.1) is 13.7 Å². The molecule has 0 saturated carbocycles. The quantitative estimate of drug-likeness (QED) is 0.767. The third-order valence-electron chi connectivity index (χ3n) is 3.19. The average molecular weight is 289 g/mol. The molecule has 0 radical (unpaired) electrons. The van der Waals surface area contributed by atoms with Crippen molar-refractivity contribution in [3.63, 3.8) is 0 Å². The van der Waals surface area contributed by atoms with Crippen LogP contribution in [0.5, 0.6) is 5.75 Å². The van der Waals surface area contributed by atoms with Crippen LogP contribution in [0.1, 0.15) is 27.4 Å². The van der Waals surface area contributed by atoms with Crippen molar-refractivity contribution in [2.45, 2.75) is 19.9 Å². The number of furan rings is 1. The molecule has 0 saturated heterocycles. The number of aromatic carboxylic acids is 1. The monoisotopic (exact) mass is 289 g/mol. The fourth-order valence-corrected chi connectivity index (χ4v) is 2.12. The zero-order valence-electron chi connectivity index (χ0n) is 12.2. The first kappa shape index (κ1) is 15.1. The van der Waals surface area contributed by atoms with Gasteiger partial charge in [0, 0.05) is 5.56 Å². The highest BCUT2D eigenvalue weighted by atomic mass is 16.5. The Bertz CT molecular complexity index is 618. The molecule has 0 atom stereocenters. The van der Waals surface area contributed by atoms with E-state index in [0.717, 1.165) is 18.7 Å². The zero-order valence-corrected chi connectivity index (χ0v) is 12.2. The number of aryl methyl sites for hydroxylation is 1. The summed E-state index contributed by atoms with van der Waals surface area (Å²) in [7, 11) is 1.65. The van der Waals surface area contributed by atoms with Crippen molar-refractivity contribution in [2.75, 3.05) is 13.7 Å². The first-order valence-electron chi connectivity index (χ1n) is 6.76. The molecule has 0 bridgehead atoms. The Hall–Kier alpha value is -2.27. The van der Waals surface area contributed by atoms with Gasteiger partial charge in [0.25, 0.3) is 0 Å². The van der Waals surface area contributed by atoms with Crippen molar-refractivity contribution in [3.8, 4) is 5.75 Å². The summed E-state index contributed by atoms with van der Waals surface area (Å²) in [5.41, 5.74) is 1.83. The van der Waals surface area contributed by atoms with Crippen molar-refractivity contribution >= 4 is 5.97 Å². The summed E-state index contributed by atoms with van der Waals surface area (Å²) in [5.74, 6) is 0.463. The zero-order chi connectivity index (χ0) is 15.2. The molecule has 112 valence electrons. The summed E-state index contributed by atoms with van der Waals surface area (Å²) in [4.78, 5) is 10.9. The van der Waals surface area contributed by atoms with E-state index in [1.807, 2.05) is 24.3 Å². The maximum Gasteiger partial charge on any atom is 0.372 e. The molecular formula is C16H19NO4. The Morgan fingerprint density at radius 3 is 2.86 bits per heavy atom. The molecule has 1 heterocycles. The molecule has 5 heteroatoms. The number of carboxylic acids is 1. The lowest BCUT2D eigenvalue weighted by atomic mass is 10.1. The number of benzene rings is 1. The third kappa shape index (κ3) is 4.10. The minimum atomic E-state index is -1.03. The maximum atomic E-state index is 10.9. The van der Waals surface area contributed by atoms with Crippen molar-refractivity contribution in [3.05, 3.63) is 53.0 Å². The number of nitrogens with one attached hydrogen (secondary N) is 1. The minimum Gasteiger partial charge on any atom is -0.497 e. The predicted molar refractivity (Wildman–Crippen MR) is 78.8 cm³/mol. The molecule has 0 amide bonds. The van der Waals surface area contributed by atoms with Gasteiger partial charge in [-0.15, -0.1) is 0 Å². The van der Waals surface area contributed by atoms with Gasteiger partial charge in [-0.3, -0.25) is 0 Å². The third-order valence-corrected chi connectivity index (χ3v) is 3.19. The van der Waals surface area contributed by atoms with Gasteiger partial charge in [0.15, 0.2) is 0 Å². The van der Waals surface area contributed by atoms with E-state index < -0.39 is 5.97 Å². The van der Waals surface area contributed by atoms with Crippen LogP contribution < -0.4 is 10.1 Å². The van der Waals surface area contributed by atoms with Crippen molar-refractivity contribution in [1.82, 2.24) is 5.32 Å². The summed E-state index contributed by atoms with van der Waals surface area (Å²) in [6.45, 7) is 3.01.